The first-order valence-electron chi connectivity index (χ1n) is 3.78. The molecule has 0 bridgehead atoms. The molecule has 0 aliphatic carbocycles. The van der Waals surface area contributed by atoms with E-state index in [-0.39, 0.29) is 4.48 Å². The number of quaternary nitrogens is 1. The molecule has 7 nitrogen and oxygen atoms in total. The number of rotatable bonds is 4. The van der Waals surface area contributed by atoms with Crippen LogP contribution in [0.2, 0.25) is 0 Å². The second-order valence-electron chi connectivity index (χ2n) is 3.92. The fourth-order valence-electron chi connectivity index (χ4n) is 0.813. The number of hydrogen-bond acceptors (Lipinski definition) is 5. The standard InChI is InChI=1S/C5H11F2N2O5S2/c1-9(2,3)4-5(10)8(15(6,11)12)16(7,13)14/h4H2,1-3H3/q+1. The molecule has 0 aromatic carbocycles. The largest absolute Gasteiger partial charge is 0.417 e. The molecule has 0 atom stereocenters. The second kappa shape index (κ2) is 4.22. The Labute approximate surface area is 92.5 Å². The number of halogens is 2. The summed E-state index contributed by atoms with van der Waals surface area (Å²) in [6.07, 6.45) is 0. The van der Waals surface area contributed by atoms with E-state index in [0.29, 0.717) is 0 Å². The molecule has 0 saturated heterocycles. The lowest BCUT2D eigenvalue weighted by atomic mass is 10.5. The summed E-state index contributed by atoms with van der Waals surface area (Å²) in [5.74, 6) is -1.71. The summed E-state index contributed by atoms with van der Waals surface area (Å²) in [4.78, 5) is 11.1. The fourth-order valence-corrected chi connectivity index (χ4v) is 2.27. The quantitative estimate of drug-likeness (QED) is 0.484. The molecule has 0 aliphatic heterocycles. The summed E-state index contributed by atoms with van der Waals surface area (Å²) < 4.78 is 64.5. The molecule has 0 N–H and O–H groups in total. The van der Waals surface area contributed by atoms with Crippen LogP contribution in [-0.2, 0) is 25.6 Å². The van der Waals surface area contributed by atoms with Crippen molar-refractivity contribution in [2.24, 2.45) is 0 Å². The molecule has 0 aliphatic rings. The highest BCUT2D eigenvalue weighted by Gasteiger charge is 2.41. The van der Waals surface area contributed by atoms with Crippen LogP contribution in [0.5, 0.6) is 0 Å². The Morgan fingerprint density at radius 3 is 1.56 bits per heavy atom. The maximum Gasteiger partial charge on any atom is 0.417 e. The predicted molar refractivity (Wildman–Crippen MR) is 49.8 cm³/mol. The lowest BCUT2D eigenvalue weighted by Gasteiger charge is -2.24. The maximum absolute atomic E-state index is 12.4. The van der Waals surface area contributed by atoms with Gasteiger partial charge in [-0.25, -0.2) is 0 Å². The van der Waals surface area contributed by atoms with Gasteiger partial charge in [-0.15, -0.1) is 0 Å². The number of likely N-dealkylation sites (N-methyl/N-ethyl adjacent to an activating group) is 1. The molecular weight excluding hydrogens is 270 g/mol. The molecule has 1 amide bonds. The average Bonchev–Trinajstić information content (AvgIpc) is 1.70. The van der Waals surface area contributed by atoms with E-state index in [9.17, 15) is 29.4 Å². The monoisotopic (exact) mass is 281 g/mol. The summed E-state index contributed by atoms with van der Waals surface area (Å²) in [5, 5.41) is 0. The SMILES string of the molecule is C[N+](C)(C)CC(=O)N(S(=O)(=O)F)S(=O)(=O)F. The van der Waals surface area contributed by atoms with Crippen LogP contribution >= 0.6 is 0 Å². The third kappa shape index (κ3) is 4.81. The van der Waals surface area contributed by atoms with Crippen molar-refractivity contribution in [3.63, 3.8) is 0 Å². The molecular formula is C5H11F2N2O5S2+. The van der Waals surface area contributed by atoms with Crippen molar-refractivity contribution in [1.29, 1.82) is 0 Å². The zero-order valence-corrected chi connectivity index (χ0v) is 10.3. The van der Waals surface area contributed by atoms with Crippen LogP contribution in [0.25, 0.3) is 0 Å². The van der Waals surface area contributed by atoms with Gasteiger partial charge in [-0.2, -0.15) is 16.8 Å². The Balaban J connectivity index is 5.36. The fraction of sp³-hybridized carbons (Fsp3) is 0.800. The Hall–Kier alpha value is -0.810. The first-order chi connectivity index (χ1) is 6.75. The Morgan fingerprint density at radius 2 is 1.38 bits per heavy atom. The van der Waals surface area contributed by atoms with Crippen LogP contribution in [0.4, 0.5) is 7.77 Å². The van der Waals surface area contributed by atoms with Gasteiger partial charge in [0.05, 0.1) is 21.1 Å². The minimum atomic E-state index is -5.98. The molecule has 96 valence electrons. The smallest absolute Gasteiger partial charge is 0.323 e. The molecule has 0 saturated carbocycles. The zero-order valence-electron chi connectivity index (χ0n) is 8.72. The van der Waals surface area contributed by atoms with Gasteiger partial charge in [-0.1, -0.05) is 11.5 Å². The molecule has 0 aromatic rings. The average molecular weight is 281 g/mol. The third-order valence-electron chi connectivity index (χ3n) is 1.21. The molecule has 0 radical (unpaired) electrons. The molecule has 0 fully saturated rings. The number of amides is 1. The van der Waals surface area contributed by atoms with Gasteiger partial charge >= 0.3 is 26.7 Å². The van der Waals surface area contributed by atoms with Gasteiger partial charge in [0.15, 0.2) is 6.54 Å². The highest BCUT2D eigenvalue weighted by Crippen LogP contribution is 2.13. The number of hydrogen-bond donors (Lipinski definition) is 0. The normalized spacial score (nSPS) is 13.6. The van der Waals surface area contributed by atoms with Crippen molar-refractivity contribution < 1.29 is 33.9 Å². The van der Waals surface area contributed by atoms with E-state index < -0.39 is 37.0 Å². The van der Waals surface area contributed by atoms with Gasteiger partial charge < -0.3 is 4.48 Å². The van der Waals surface area contributed by atoms with Gasteiger partial charge in [0.25, 0.3) is 0 Å². The van der Waals surface area contributed by atoms with Gasteiger partial charge in [0.1, 0.15) is 0 Å². The Kier molecular flexibility index (Phi) is 4.01. The van der Waals surface area contributed by atoms with Crippen molar-refractivity contribution in [2.45, 2.75) is 0 Å². The van der Waals surface area contributed by atoms with Crippen LogP contribution < -0.4 is 0 Å². The van der Waals surface area contributed by atoms with Crippen LogP contribution in [-0.4, -0.2) is 58.6 Å². The van der Waals surface area contributed by atoms with Crippen molar-refractivity contribution in [3.05, 3.63) is 0 Å². The minimum Gasteiger partial charge on any atom is -0.323 e. The molecule has 16 heavy (non-hydrogen) atoms. The highest BCUT2D eigenvalue weighted by atomic mass is 32.3. The molecule has 0 unspecified atom stereocenters. The highest BCUT2D eigenvalue weighted by molar-refractivity contribution is 8.00. The van der Waals surface area contributed by atoms with E-state index in [0.717, 1.165) is 0 Å². The zero-order chi connectivity index (χ0) is 13.4. The lowest BCUT2D eigenvalue weighted by Crippen LogP contribution is -2.48. The van der Waals surface area contributed by atoms with E-state index in [1.165, 1.54) is 21.1 Å². The first-order valence-corrected chi connectivity index (χ1v) is 6.46. The third-order valence-corrected chi connectivity index (χ3v) is 3.48. The summed E-state index contributed by atoms with van der Waals surface area (Å²) in [5.41, 5.74) is 0. The van der Waals surface area contributed by atoms with Crippen molar-refractivity contribution in [2.75, 3.05) is 27.7 Å². The minimum absolute atomic E-state index is 0.194. The Bertz CT molecular complexity index is 445. The van der Waals surface area contributed by atoms with Crippen LogP contribution in [0, 0.1) is 0 Å². The maximum atomic E-state index is 12.4. The number of carbonyl (C=O) groups is 1. The van der Waals surface area contributed by atoms with E-state index in [1.54, 1.807) is 0 Å². The van der Waals surface area contributed by atoms with Gasteiger partial charge in [0.2, 0.25) is 0 Å². The number of carbonyl (C=O) groups excluding carboxylic acids is 1. The summed E-state index contributed by atoms with van der Waals surface area (Å²) in [7, 11) is -7.74. The molecule has 11 heteroatoms. The van der Waals surface area contributed by atoms with Gasteiger partial charge in [0, 0.05) is 0 Å². The second-order valence-corrected chi connectivity index (χ2v) is 6.53. The van der Waals surface area contributed by atoms with E-state index in [2.05, 4.69) is 0 Å². The van der Waals surface area contributed by atoms with E-state index in [4.69, 9.17) is 0 Å². The topological polar surface area (TPSA) is 88.6 Å². The van der Waals surface area contributed by atoms with Gasteiger partial charge in [-0.05, 0) is 0 Å². The van der Waals surface area contributed by atoms with Crippen molar-refractivity contribution >= 4 is 26.7 Å². The van der Waals surface area contributed by atoms with Crippen molar-refractivity contribution in [1.82, 2.24) is 3.71 Å². The van der Waals surface area contributed by atoms with E-state index in [1.807, 2.05) is 0 Å². The Morgan fingerprint density at radius 1 is 1.06 bits per heavy atom. The van der Waals surface area contributed by atoms with Crippen LogP contribution in [0.1, 0.15) is 0 Å². The van der Waals surface area contributed by atoms with E-state index >= 15 is 0 Å². The summed E-state index contributed by atoms with van der Waals surface area (Å²) >= 11 is 0. The van der Waals surface area contributed by atoms with Gasteiger partial charge in [-0.3, -0.25) is 4.79 Å². The summed E-state index contributed by atoms with van der Waals surface area (Å²) in [6.45, 7) is -0.702. The predicted octanol–water partition coefficient (Wildman–Crippen LogP) is -1.05. The first kappa shape index (κ1) is 15.2. The van der Waals surface area contributed by atoms with Crippen LogP contribution in [0.3, 0.4) is 0 Å². The number of nitrogens with zero attached hydrogens (tertiary/aromatic N) is 2. The molecule has 0 spiro atoms. The van der Waals surface area contributed by atoms with Crippen LogP contribution in [0.15, 0.2) is 0 Å². The molecule has 0 heterocycles. The summed E-state index contributed by atoms with van der Waals surface area (Å²) in [6, 6.07) is 0. The molecule has 0 aromatic heterocycles. The molecule has 0 rings (SSSR count). The van der Waals surface area contributed by atoms with Crippen molar-refractivity contribution in [3.8, 4) is 0 Å². The lowest BCUT2D eigenvalue weighted by molar-refractivity contribution is -0.862.